The average molecular weight is 319 g/mol. The van der Waals surface area contributed by atoms with E-state index in [-0.39, 0.29) is 5.91 Å². The van der Waals surface area contributed by atoms with Crippen LogP contribution in [0.25, 0.3) is 0 Å². The molecule has 2 rings (SSSR count). The van der Waals surface area contributed by atoms with Gasteiger partial charge in [0.05, 0.1) is 0 Å². The van der Waals surface area contributed by atoms with E-state index >= 15 is 0 Å². The average Bonchev–Trinajstić information content (AvgIpc) is 2.59. The van der Waals surface area contributed by atoms with Gasteiger partial charge in [0.2, 0.25) is 0 Å². The van der Waals surface area contributed by atoms with Gasteiger partial charge in [-0.2, -0.15) is 0 Å². The van der Waals surface area contributed by atoms with Gasteiger partial charge in [-0.25, -0.2) is 0 Å². The maximum atomic E-state index is 12.2. The van der Waals surface area contributed by atoms with Crippen LogP contribution in [0.2, 0.25) is 0 Å². The number of aryl methyl sites for hydroxylation is 2. The standard InChI is InChI=1S/C19H29NO3/c1-3-18(19(21)20-12-7-13-22-4-2)23-17-11-10-15-8-5-6-9-16(15)14-17/h10-11,14,18H,3-9,12-13H2,1-2H3,(H,20,21). The minimum absolute atomic E-state index is 0.0401. The van der Waals surface area contributed by atoms with Gasteiger partial charge in [-0.3, -0.25) is 4.79 Å². The molecule has 128 valence electrons. The summed E-state index contributed by atoms with van der Waals surface area (Å²) in [5.41, 5.74) is 2.80. The normalized spacial score (nSPS) is 14.9. The predicted octanol–water partition coefficient (Wildman–Crippen LogP) is 3.27. The second-order valence-corrected chi connectivity index (χ2v) is 5.99. The van der Waals surface area contributed by atoms with Gasteiger partial charge in [0.1, 0.15) is 5.75 Å². The molecule has 0 heterocycles. The fraction of sp³-hybridized carbons (Fsp3) is 0.632. The first-order valence-electron chi connectivity index (χ1n) is 8.88. The molecular weight excluding hydrogens is 290 g/mol. The van der Waals surface area contributed by atoms with Gasteiger partial charge in [-0.05, 0) is 68.7 Å². The van der Waals surface area contributed by atoms with Gasteiger partial charge in [-0.1, -0.05) is 13.0 Å². The smallest absolute Gasteiger partial charge is 0.261 e. The Kier molecular flexibility index (Phi) is 7.40. The van der Waals surface area contributed by atoms with E-state index in [1.54, 1.807) is 0 Å². The predicted molar refractivity (Wildman–Crippen MR) is 91.9 cm³/mol. The number of nitrogens with one attached hydrogen (secondary N) is 1. The van der Waals surface area contributed by atoms with Crippen LogP contribution < -0.4 is 10.1 Å². The van der Waals surface area contributed by atoms with E-state index in [9.17, 15) is 4.79 Å². The Labute approximate surface area is 139 Å². The van der Waals surface area contributed by atoms with Gasteiger partial charge >= 0.3 is 0 Å². The SMILES string of the molecule is CCOCCCNC(=O)C(CC)Oc1ccc2c(c1)CCCC2. The Morgan fingerprint density at radius 2 is 2.00 bits per heavy atom. The Bertz CT molecular complexity index is 501. The highest BCUT2D eigenvalue weighted by atomic mass is 16.5. The third-order valence-electron chi connectivity index (χ3n) is 4.23. The number of carbonyl (C=O) groups excluding carboxylic acids is 1. The minimum Gasteiger partial charge on any atom is -0.481 e. The molecule has 4 nitrogen and oxygen atoms in total. The summed E-state index contributed by atoms with van der Waals surface area (Å²) >= 11 is 0. The summed E-state index contributed by atoms with van der Waals surface area (Å²) in [6.07, 6.45) is 5.86. The van der Waals surface area contributed by atoms with Crippen molar-refractivity contribution < 1.29 is 14.3 Å². The molecule has 0 saturated carbocycles. The van der Waals surface area contributed by atoms with Crippen LogP contribution >= 0.6 is 0 Å². The molecule has 1 aliphatic carbocycles. The number of rotatable bonds is 9. The van der Waals surface area contributed by atoms with Crippen molar-refractivity contribution in [2.45, 2.75) is 58.5 Å². The number of amides is 1. The Morgan fingerprint density at radius 1 is 1.22 bits per heavy atom. The molecule has 0 fully saturated rings. The minimum atomic E-state index is -0.427. The van der Waals surface area contributed by atoms with Crippen LogP contribution in [0.4, 0.5) is 0 Å². The van der Waals surface area contributed by atoms with Crippen LogP contribution in [-0.2, 0) is 22.4 Å². The highest BCUT2D eigenvalue weighted by molar-refractivity contribution is 5.81. The zero-order chi connectivity index (χ0) is 16.5. The lowest BCUT2D eigenvalue weighted by Crippen LogP contribution is -2.38. The Morgan fingerprint density at radius 3 is 2.74 bits per heavy atom. The molecule has 1 atom stereocenters. The lowest BCUT2D eigenvalue weighted by molar-refractivity contribution is -0.128. The van der Waals surface area contributed by atoms with Crippen LogP contribution in [0.15, 0.2) is 18.2 Å². The van der Waals surface area contributed by atoms with Crippen molar-refractivity contribution in [1.82, 2.24) is 5.32 Å². The van der Waals surface area contributed by atoms with Crippen LogP contribution in [0.3, 0.4) is 0 Å². The molecular formula is C19H29NO3. The molecule has 23 heavy (non-hydrogen) atoms. The van der Waals surface area contributed by atoms with Crippen molar-refractivity contribution >= 4 is 5.91 Å². The topological polar surface area (TPSA) is 47.6 Å². The van der Waals surface area contributed by atoms with E-state index in [1.807, 2.05) is 19.9 Å². The maximum Gasteiger partial charge on any atom is 0.261 e. The fourth-order valence-electron chi connectivity index (χ4n) is 2.91. The van der Waals surface area contributed by atoms with Crippen molar-refractivity contribution in [3.05, 3.63) is 29.3 Å². The lowest BCUT2D eigenvalue weighted by Gasteiger charge is -2.20. The van der Waals surface area contributed by atoms with Gasteiger partial charge in [0.25, 0.3) is 5.91 Å². The summed E-state index contributed by atoms with van der Waals surface area (Å²) in [6, 6.07) is 6.26. The van der Waals surface area contributed by atoms with E-state index in [0.29, 0.717) is 26.2 Å². The van der Waals surface area contributed by atoms with Crippen molar-refractivity contribution in [2.75, 3.05) is 19.8 Å². The highest BCUT2D eigenvalue weighted by Gasteiger charge is 2.19. The highest BCUT2D eigenvalue weighted by Crippen LogP contribution is 2.26. The summed E-state index contributed by atoms with van der Waals surface area (Å²) in [5.74, 6) is 0.767. The molecule has 0 spiro atoms. The van der Waals surface area contributed by atoms with Crippen molar-refractivity contribution in [3.63, 3.8) is 0 Å². The summed E-state index contributed by atoms with van der Waals surface area (Å²) in [5, 5.41) is 2.93. The summed E-state index contributed by atoms with van der Waals surface area (Å²) in [6.45, 7) is 5.97. The molecule has 1 unspecified atom stereocenters. The van der Waals surface area contributed by atoms with Crippen molar-refractivity contribution in [1.29, 1.82) is 0 Å². The van der Waals surface area contributed by atoms with Crippen molar-refractivity contribution in [2.24, 2.45) is 0 Å². The van der Waals surface area contributed by atoms with Gasteiger partial charge < -0.3 is 14.8 Å². The first-order valence-corrected chi connectivity index (χ1v) is 8.88. The molecule has 1 amide bonds. The van der Waals surface area contributed by atoms with Crippen LogP contribution in [0, 0.1) is 0 Å². The number of ether oxygens (including phenoxy) is 2. The quantitative estimate of drug-likeness (QED) is 0.711. The van der Waals surface area contributed by atoms with E-state index in [1.165, 1.54) is 24.0 Å². The second kappa shape index (κ2) is 9.56. The summed E-state index contributed by atoms with van der Waals surface area (Å²) in [7, 11) is 0. The third-order valence-corrected chi connectivity index (χ3v) is 4.23. The van der Waals surface area contributed by atoms with Gasteiger partial charge in [0, 0.05) is 19.8 Å². The fourth-order valence-corrected chi connectivity index (χ4v) is 2.91. The van der Waals surface area contributed by atoms with E-state index < -0.39 is 6.10 Å². The molecule has 0 bridgehead atoms. The molecule has 0 aliphatic heterocycles. The summed E-state index contributed by atoms with van der Waals surface area (Å²) < 4.78 is 11.2. The van der Waals surface area contributed by atoms with Crippen LogP contribution in [0.5, 0.6) is 5.75 Å². The zero-order valence-corrected chi connectivity index (χ0v) is 14.4. The number of hydrogen-bond donors (Lipinski definition) is 1. The first-order chi connectivity index (χ1) is 11.2. The molecule has 4 heteroatoms. The van der Waals surface area contributed by atoms with E-state index in [4.69, 9.17) is 9.47 Å². The van der Waals surface area contributed by atoms with Crippen LogP contribution in [-0.4, -0.2) is 31.8 Å². The number of carbonyl (C=O) groups is 1. The first kappa shape index (κ1) is 17.8. The molecule has 0 aromatic heterocycles. The zero-order valence-electron chi connectivity index (χ0n) is 14.4. The Balaban J connectivity index is 1.84. The summed E-state index contributed by atoms with van der Waals surface area (Å²) in [4.78, 5) is 12.2. The Hall–Kier alpha value is -1.55. The maximum absolute atomic E-state index is 12.2. The third kappa shape index (κ3) is 5.54. The molecule has 1 aromatic carbocycles. The van der Waals surface area contributed by atoms with Crippen molar-refractivity contribution in [3.8, 4) is 5.75 Å². The molecule has 1 N–H and O–H groups in total. The monoisotopic (exact) mass is 319 g/mol. The van der Waals surface area contributed by atoms with Crippen LogP contribution in [0.1, 0.15) is 50.7 Å². The number of benzene rings is 1. The number of fused-ring (bicyclic) bond motifs is 1. The van der Waals surface area contributed by atoms with E-state index in [2.05, 4.69) is 17.4 Å². The largest absolute Gasteiger partial charge is 0.481 e. The van der Waals surface area contributed by atoms with E-state index in [0.717, 1.165) is 25.0 Å². The molecule has 1 aromatic rings. The molecule has 1 aliphatic rings. The second-order valence-electron chi connectivity index (χ2n) is 5.99. The van der Waals surface area contributed by atoms with Gasteiger partial charge in [-0.15, -0.1) is 0 Å². The lowest BCUT2D eigenvalue weighted by atomic mass is 9.92. The molecule has 0 saturated heterocycles. The molecule has 0 radical (unpaired) electrons. The number of hydrogen-bond acceptors (Lipinski definition) is 3. The van der Waals surface area contributed by atoms with Gasteiger partial charge in [0.15, 0.2) is 6.10 Å².